The van der Waals surface area contributed by atoms with Crippen molar-refractivity contribution in [3.05, 3.63) is 94.8 Å². The number of halogens is 1. The third kappa shape index (κ3) is 4.96. The van der Waals surface area contributed by atoms with E-state index in [2.05, 4.69) is 15.5 Å². The molecule has 1 atom stereocenters. The van der Waals surface area contributed by atoms with Crippen molar-refractivity contribution in [3.63, 3.8) is 0 Å². The summed E-state index contributed by atoms with van der Waals surface area (Å²) in [6.45, 7) is 3.54. The predicted octanol–water partition coefficient (Wildman–Crippen LogP) is 4.38. The highest BCUT2D eigenvalue weighted by Gasteiger charge is 2.16. The quantitative estimate of drug-likeness (QED) is 0.499. The SMILES string of the molecule is Cc1cc(Cl)ccc1OC(C)C(=O)N/N=C(\c1ccccc1)c1ccccn1. The number of nitrogens with one attached hydrogen (secondary N) is 1. The van der Waals surface area contributed by atoms with Crippen molar-refractivity contribution in [3.8, 4) is 5.75 Å². The summed E-state index contributed by atoms with van der Waals surface area (Å²) in [5, 5.41) is 4.94. The van der Waals surface area contributed by atoms with Gasteiger partial charge in [-0.2, -0.15) is 5.10 Å². The number of carbonyl (C=O) groups excluding carboxylic acids is 1. The topological polar surface area (TPSA) is 63.6 Å². The molecule has 2 aromatic carbocycles. The van der Waals surface area contributed by atoms with Crippen molar-refractivity contribution in [1.82, 2.24) is 10.4 Å². The van der Waals surface area contributed by atoms with Crippen LogP contribution in [-0.2, 0) is 4.79 Å². The number of hydrazone groups is 1. The summed E-state index contributed by atoms with van der Waals surface area (Å²) >= 11 is 5.96. The monoisotopic (exact) mass is 393 g/mol. The van der Waals surface area contributed by atoms with E-state index in [0.717, 1.165) is 11.1 Å². The van der Waals surface area contributed by atoms with E-state index in [1.165, 1.54) is 0 Å². The third-order valence-corrected chi connectivity index (χ3v) is 4.28. The predicted molar refractivity (Wildman–Crippen MR) is 111 cm³/mol. The molecule has 1 aromatic heterocycles. The lowest BCUT2D eigenvalue weighted by molar-refractivity contribution is -0.127. The van der Waals surface area contributed by atoms with Gasteiger partial charge in [0, 0.05) is 16.8 Å². The van der Waals surface area contributed by atoms with Gasteiger partial charge in [-0.3, -0.25) is 9.78 Å². The van der Waals surface area contributed by atoms with Gasteiger partial charge < -0.3 is 4.74 Å². The average Bonchev–Trinajstić information content (AvgIpc) is 2.71. The Morgan fingerprint density at radius 2 is 1.86 bits per heavy atom. The summed E-state index contributed by atoms with van der Waals surface area (Å²) in [5.74, 6) is 0.239. The van der Waals surface area contributed by atoms with Crippen molar-refractivity contribution in [2.45, 2.75) is 20.0 Å². The second-order valence-electron chi connectivity index (χ2n) is 6.19. The lowest BCUT2D eigenvalue weighted by Crippen LogP contribution is -2.34. The van der Waals surface area contributed by atoms with Gasteiger partial charge in [0.1, 0.15) is 11.5 Å². The molecular formula is C22H20ClN3O2. The van der Waals surface area contributed by atoms with Gasteiger partial charge in [0.05, 0.1) is 5.69 Å². The van der Waals surface area contributed by atoms with Gasteiger partial charge in [-0.1, -0.05) is 48.0 Å². The minimum Gasteiger partial charge on any atom is -0.481 e. The zero-order valence-corrected chi connectivity index (χ0v) is 16.4. The first-order valence-corrected chi connectivity index (χ1v) is 9.19. The average molecular weight is 394 g/mol. The van der Waals surface area contributed by atoms with Crippen LogP contribution in [0.4, 0.5) is 0 Å². The number of amides is 1. The van der Waals surface area contributed by atoms with E-state index in [9.17, 15) is 4.79 Å². The highest BCUT2D eigenvalue weighted by molar-refractivity contribution is 6.30. The molecule has 0 bridgehead atoms. The molecule has 0 saturated carbocycles. The molecule has 1 N–H and O–H groups in total. The minimum atomic E-state index is -0.732. The number of hydrogen-bond acceptors (Lipinski definition) is 4. The largest absolute Gasteiger partial charge is 0.481 e. The van der Waals surface area contributed by atoms with E-state index in [1.54, 1.807) is 31.3 Å². The summed E-state index contributed by atoms with van der Waals surface area (Å²) in [4.78, 5) is 16.8. The molecule has 0 saturated heterocycles. The molecule has 0 aliphatic heterocycles. The van der Waals surface area contributed by atoms with Crippen molar-refractivity contribution < 1.29 is 9.53 Å². The fourth-order valence-electron chi connectivity index (χ4n) is 2.56. The summed E-state index contributed by atoms with van der Waals surface area (Å²) in [5.41, 5.74) is 5.53. The van der Waals surface area contributed by atoms with E-state index >= 15 is 0 Å². The van der Waals surface area contributed by atoms with Gasteiger partial charge in [0.25, 0.3) is 5.91 Å². The van der Waals surface area contributed by atoms with Gasteiger partial charge in [-0.15, -0.1) is 0 Å². The summed E-state index contributed by atoms with van der Waals surface area (Å²) in [6.07, 6.45) is 0.953. The number of ether oxygens (including phenoxy) is 1. The highest BCUT2D eigenvalue weighted by Crippen LogP contribution is 2.22. The molecule has 0 spiro atoms. The zero-order chi connectivity index (χ0) is 19.9. The molecule has 1 heterocycles. The molecule has 6 heteroatoms. The number of pyridine rings is 1. The Morgan fingerprint density at radius 1 is 1.11 bits per heavy atom. The molecule has 3 aromatic rings. The van der Waals surface area contributed by atoms with Crippen molar-refractivity contribution in [1.29, 1.82) is 0 Å². The molecule has 142 valence electrons. The molecule has 1 unspecified atom stereocenters. The van der Waals surface area contributed by atoms with Crippen LogP contribution in [-0.4, -0.2) is 22.7 Å². The molecule has 0 fully saturated rings. The molecule has 0 aliphatic carbocycles. The number of nitrogens with zero attached hydrogens (tertiary/aromatic N) is 2. The van der Waals surface area contributed by atoms with Crippen LogP contribution >= 0.6 is 11.6 Å². The summed E-state index contributed by atoms with van der Waals surface area (Å²) in [7, 11) is 0. The fourth-order valence-corrected chi connectivity index (χ4v) is 2.79. The van der Waals surface area contributed by atoms with E-state index in [1.807, 2.05) is 55.5 Å². The molecule has 5 nitrogen and oxygen atoms in total. The number of rotatable bonds is 6. The molecule has 3 rings (SSSR count). The number of aryl methyl sites for hydroxylation is 1. The maximum Gasteiger partial charge on any atom is 0.280 e. The Labute approximate surface area is 169 Å². The smallest absolute Gasteiger partial charge is 0.280 e. The Morgan fingerprint density at radius 3 is 2.54 bits per heavy atom. The van der Waals surface area contributed by atoms with Gasteiger partial charge in [0.2, 0.25) is 0 Å². The van der Waals surface area contributed by atoms with Gasteiger partial charge >= 0.3 is 0 Å². The molecular weight excluding hydrogens is 374 g/mol. The molecule has 1 amide bonds. The van der Waals surface area contributed by atoms with Gasteiger partial charge in [0.15, 0.2) is 6.10 Å². The lowest BCUT2D eigenvalue weighted by atomic mass is 10.1. The van der Waals surface area contributed by atoms with Gasteiger partial charge in [-0.05, 0) is 49.7 Å². The van der Waals surface area contributed by atoms with Crippen LogP contribution in [0.5, 0.6) is 5.75 Å². The van der Waals surface area contributed by atoms with Gasteiger partial charge in [-0.25, -0.2) is 5.43 Å². The van der Waals surface area contributed by atoms with E-state index in [4.69, 9.17) is 16.3 Å². The second-order valence-corrected chi connectivity index (χ2v) is 6.62. The Balaban J connectivity index is 1.77. The number of carbonyl (C=O) groups is 1. The first-order valence-electron chi connectivity index (χ1n) is 8.82. The lowest BCUT2D eigenvalue weighted by Gasteiger charge is -2.15. The zero-order valence-electron chi connectivity index (χ0n) is 15.6. The third-order valence-electron chi connectivity index (χ3n) is 4.04. The standard InChI is InChI=1S/C22H20ClN3O2/c1-15-14-18(23)11-12-20(15)28-16(2)22(27)26-25-21(17-8-4-3-5-9-17)19-10-6-7-13-24-19/h3-14,16H,1-2H3,(H,26,27)/b25-21+. The van der Waals surface area contributed by atoms with Crippen LogP contribution in [0.1, 0.15) is 23.7 Å². The van der Waals surface area contributed by atoms with Crippen molar-refractivity contribution in [2.75, 3.05) is 0 Å². The Bertz CT molecular complexity index is 934. The maximum atomic E-state index is 12.5. The Hall–Kier alpha value is -3.18. The van der Waals surface area contributed by atoms with E-state index < -0.39 is 6.10 Å². The van der Waals surface area contributed by atoms with Crippen LogP contribution in [0, 0.1) is 6.92 Å². The van der Waals surface area contributed by atoms with Crippen LogP contribution in [0.2, 0.25) is 5.02 Å². The van der Waals surface area contributed by atoms with Crippen molar-refractivity contribution in [2.24, 2.45) is 5.10 Å². The van der Waals surface area contributed by atoms with Crippen molar-refractivity contribution >= 4 is 23.2 Å². The summed E-state index contributed by atoms with van der Waals surface area (Å²) in [6, 6.07) is 20.4. The number of aromatic nitrogens is 1. The first kappa shape index (κ1) is 19.6. The molecule has 0 radical (unpaired) electrons. The fraction of sp³-hybridized carbons (Fsp3) is 0.136. The normalized spacial score (nSPS) is 12.3. The van der Waals surface area contributed by atoms with Crippen LogP contribution in [0.3, 0.4) is 0 Å². The second kappa shape index (κ2) is 9.15. The molecule has 28 heavy (non-hydrogen) atoms. The minimum absolute atomic E-state index is 0.362. The first-order chi connectivity index (χ1) is 13.5. The van der Waals surface area contributed by atoms with Crippen LogP contribution in [0.25, 0.3) is 0 Å². The summed E-state index contributed by atoms with van der Waals surface area (Å²) < 4.78 is 5.75. The van der Waals surface area contributed by atoms with E-state index in [-0.39, 0.29) is 5.91 Å². The maximum absolute atomic E-state index is 12.5. The number of benzene rings is 2. The Kier molecular flexibility index (Phi) is 6.40. The van der Waals surface area contributed by atoms with Crippen LogP contribution < -0.4 is 10.2 Å². The highest BCUT2D eigenvalue weighted by atomic mass is 35.5. The number of hydrogen-bond donors (Lipinski definition) is 1. The molecule has 0 aliphatic rings. The van der Waals surface area contributed by atoms with E-state index in [0.29, 0.717) is 22.2 Å². The van der Waals surface area contributed by atoms with Crippen LogP contribution in [0.15, 0.2) is 78.0 Å².